The normalized spacial score (nSPS) is 14.7. The van der Waals surface area contributed by atoms with Gasteiger partial charge < -0.3 is 5.32 Å². The van der Waals surface area contributed by atoms with Gasteiger partial charge in [-0.1, -0.05) is 72.3 Å². The van der Waals surface area contributed by atoms with Gasteiger partial charge in [0.05, 0.1) is 0 Å². The van der Waals surface area contributed by atoms with Crippen molar-refractivity contribution in [1.82, 2.24) is 15.1 Å². The van der Waals surface area contributed by atoms with Crippen LogP contribution in [0.3, 0.4) is 0 Å². The minimum atomic E-state index is 0.0111. The van der Waals surface area contributed by atoms with Crippen LogP contribution in [0.2, 0.25) is 0 Å². The fraction of sp³-hybridized carbons (Fsp3) is 0.345. The number of carbonyl (C=O) groups excluding carboxylic acids is 1. The van der Waals surface area contributed by atoms with Gasteiger partial charge in [0.25, 0.3) is 5.91 Å². The zero-order chi connectivity index (χ0) is 23.6. The van der Waals surface area contributed by atoms with Crippen LogP contribution in [-0.2, 0) is 18.8 Å². The van der Waals surface area contributed by atoms with E-state index in [9.17, 15) is 4.79 Å². The SMILES string of the molecule is Cc1ccc(CSCCNC(=O)c2ccc(CN3CCN(Cc4ccccc4)CC3)cc2)cc1. The van der Waals surface area contributed by atoms with Crippen molar-refractivity contribution in [3.05, 3.63) is 107 Å². The van der Waals surface area contributed by atoms with E-state index in [0.717, 1.165) is 56.3 Å². The third kappa shape index (κ3) is 7.73. The lowest BCUT2D eigenvalue weighted by molar-refractivity contribution is 0.0956. The molecule has 1 aliphatic heterocycles. The molecular formula is C29H35N3OS. The maximum atomic E-state index is 12.5. The fourth-order valence-electron chi connectivity index (χ4n) is 4.18. The molecule has 1 aliphatic rings. The summed E-state index contributed by atoms with van der Waals surface area (Å²) in [5.41, 5.74) is 6.00. The van der Waals surface area contributed by atoms with Gasteiger partial charge in [0.15, 0.2) is 0 Å². The molecule has 5 heteroatoms. The average Bonchev–Trinajstić information content (AvgIpc) is 2.87. The Kier molecular flexibility index (Phi) is 9.19. The van der Waals surface area contributed by atoms with E-state index in [2.05, 4.69) is 88.8 Å². The van der Waals surface area contributed by atoms with Crippen LogP contribution in [0.4, 0.5) is 0 Å². The molecule has 34 heavy (non-hydrogen) atoms. The maximum absolute atomic E-state index is 12.5. The third-order valence-corrected chi connectivity index (χ3v) is 7.29. The minimum absolute atomic E-state index is 0.0111. The van der Waals surface area contributed by atoms with E-state index in [0.29, 0.717) is 6.54 Å². The molecule has 4 nitrogen and oxygen atoms in total. The summed E-state index contributed by atoms with van der Waals surface area (Å²) in [4.78, 5) is 17.5. The largest absolute Gasteiger partial charge is 0.351 e. The molecule has 4 rings (SSSR count). The number of aryl methyl sites for hydroxylation is 1. The van der Waals surface area contributed by atoms with E-state index in [4.69, 9.17) is 0 Å². The Balaban J connectivity index is 1.13. The quantitative estimate of drug-likeness (QED) is 0.422. The third-order valence-electron chi connectivity index (χ3n) is 6.26. The van der Waals surface area contributed by atoms with Crippen molar-refractivity contribution in [3.8, 4) is 0 Å². The van der Waals surface area contributed by atoms with Crippen molar-refractivity contribution in [2.45, 2.75) is 25.8 Å². The molecule has 0 aromatic heterocycles. The number of nitrogens with zero attached hydrogens (tertiary/aromatic N) is 2. The van der Waals surface area contributed by atoms with Gasteiger partial charge in [0.1, 0.15) is 0 Å². The number of piperazine rings is 1. The summed E-state index contributed by atoms with van der Waals surface area (Å²) in [6.45, 7) is 9.11. The molecule has 0 saturated carbocycles. The molecular weight excluding hydrogens is 438 g/mol. The maximum Gasteiger partial charge on any atom is 0.251 e. The van der Waals surface area contributed by atoms with Crippen LogP contribution >= 0.6 is 11.8 Å². The van der Waals surface area contributed by atoms with Crippen molar-refractivity contribution >= 4 is 17.7 Å². The van der Waals surface area contributed by atoms with Crippen LogP contribution in [0, 0.1) is 6.92 Å². The lowest BCUT2D eigenvalue weighted by Gasteiger charge is -2.34. The number of rotatable bonds is 10. The van der Waals surface area contributed by atoms with Gasteiger partial charge >= 0.3 is 0 Å². The van der Waals surface area contributed by atoms with Gasteiger partial charge in [-0.15, -0.1) is 0 Å². The van der Waals surface area contributed by atoms with E-state index in [-0.39, 0.29) is 5.91 Å². The van der Waals surface area contributed by atoms with Gasteiger partial charge in [-0.25, -0.2) is 0 Å². The Labute approximate surface area is 208 Å². The summed E-state index contributed by atoms with van der Waals surface area (Å²) in [5.74, 6) is 1.90. The Bertz CT molecular complexity index is 1010. The average molecular weight is 474 g/mol. The standard InChI is InChI=1S/C29H35N3OS/c1-24-7-9-27(10-8-24)23-34-20-15-30-29(33)28-13-11-26(12-14-28)22-32-18-16-31(17-19-32)21-25-5-3-2-4-6-25/h2-14H,15-23H2,1H3,(H,30,33). The van der Waals surface area contributed by atoms with Crippen molar-refractivity contribution in [2.24, 2.45) is 0 Å². The first-order chi connectivity index (χ1) is 16.7. The van der Waals surface area contributed by atoms with E-state index in [1.54, 1.807) is 0 Å². The Morgan fingerprint density at radius 3 is 1.94 bits per heavy atom. The number of hydrogen-bond donors (Lipinski definition) is 1. The first-order valence-corrected chi connectivity index (χ1v) is 13.3. The number of carbonyl (C=O) groups is 1. The van der Waals surface area contributed by atoms with Crippen LogP contribution < -0.4 is 5.32 Å². The summed E-state index contributed by atoms with van der Waals surface area (Å²) in [5, 5.41) is 3.04. The van der Waals surface area contributed by atoms with Crippen molar-refractivity contribution < 1.29 is 4.79 Å². The monoisotopic (exact) mass is 473 g/mol. The van der Waals surface area contributed by atoms with Crippen molar-refractivity contribution in [2.75, 3.05) is 38.5 Å². The molecule has 0 aliphatic carbocycles. The highest BCUT2D eigenvalue weighted by molar-refractivity contribution is 7.98. The van der Waals surface area contributed by atoms with Crippen molar-refractivity contribution in [3.63, 3.8) is 0 Å². The molecule has 1 saturated heterocycles. The summed E-state index contributed by atoms with van der Waals surface area (Å²) >= 11 is 1.85. The molecule has 0 atom stereocenters. The second-order valence-corrected chi connectivity index (χ2v) is 10.1. The summed E-state index contributed by atoms with van der Waals surface area (Å²) < 4.78 is 0. The molecule has 178 valence electrons. The highest BCUT2D eigenvalue weighted by atomic mass is 32.2. The molecule has 1 fully saturated rings. The smallest absolute Gasteiger partial charge is 0.251 e. The predicted molar refractivity (Wildman–Crippen MR) is 143 cm³/mol. The molecule has 0 bridgehead atoms. The number of hydrogen-bond acceptors (Lipinski definition) is 4. The second kappa shape index (κ2) is 12.7. The lowest BCUT2D eigenvalue weighted by atomic mass is 10.1. The van der Waals surface area contributed by atoms with Crippen LogP contribution in [0.5, 0.6) is 0 Å². The zero-order valence-corrected chi connectivity index (χ0v) is 20.9. The first-order valence-electron chi connectivity index (χ1n) is 12.1. The van der Waals surface area contributed by atoms with Crippen LogP contribution in [0.25, 0.3) is 0 Å². The van der Waals surface area contributed by atoms with Gasteiger partial charge in [-0.3, -0.25) is 14.6 Å². The number of benzene rings is 3. The summed E-state index contributed by atoms with van der Waals surface area (Å²) in [6, 6.07) is 27.4. The molecule has 0 radical (unpaired) electrons. The highest BCUT2D eigenvalue weighted by Gasteiger charge is 2.17. The van der Waals surface area contributed by atoms with Crippen molar-refractivity contribution in [1.29, 1.82) is 0 Å². The second-order valence-electron chi connectivity index (χ2n) is 9.03. The van der Waals surface area contributed by atoms with E-state index in [1.807, 2.05) is 23.9 Å². The molecule has 1 amide bonds. The minimum Gasteiger partial charge on any atom is -0.351 e. The highest BCUT2D eigenvalue weighted by Crippen LogP contribution is 2.14. The molecule has 1 heterocycles. The van der Waals surface area contributed by atoms with Gasteiger partial charge in [0, 0.05) is 62.9 Å². The molecule has 3 aromatic rings. The number of thioether (sulfide) groups is 1. The zero-order valence-electron chi connectivity index (χ0n) is 20.1. The lowest BCUT2D eigenvalue weighted by Crippen LogP contribution is -2.45. The predicted octanol–water partition coefficient (Wildman–Crippen LogP) is 4.98. The summed E-state index contributed by atoms with van der Waals surface area (Å²) in [7, 11) is 0. The van der Waals surface area contributed by atoms with Crippen LogP contribution in [-0.4, -0.2) is 54.2 Å². The van der Waals surface area contributed by atoms with Gasteiger partial charge in [0.2, 0.25) is 0 Å². The summed E-state index contributed by atoms with van der Waals surface area (Å²) in [6.07, 6.45) is 0. The topological polar surface area (TPSA) is 35.6 Å². The van der Waals surface area contributed by atoms with E-state index >= 15 is 0 Å². The first kappa shape index (κ1) is 24.5. The Morgan fingerprint density at radius 2 is 1.32 bits per heavy atom. The van der Waals surface area contributed by atoms with Crippen LogP contribution in [0.15, 0.2) is 78.9 Å². The number of amides is 1. The molecule has 1 N–H and O–H groups in total. The molecule has 0 spiro atoms. The Morgan fingerprint density at radius 1 is 0.765 bits per heavy atom. The fourth-order valence-corrected chi connectivity index (χ4v) is 5.00. The molecule has 0 unspecified atom stereocenters. The molecule has 3 aromatic carbocycles. The number of nitrogens with one attached hydrogen (secondary N) is 1. The van der Waals surface area contributed by atoms with Crippen LogP contribution in [0.1, 0.15) is 32.6 Å². The van der Waals surface area contributed by atoms with Gasteiger partial charge in [-0.2, -0.15) is 11.8 Å². The van der Waals surface area contributed by atoms with E-state index in [1.165, 1.54) is 22.3 Å². The van der Waals surface area contributed by atoms with Gasteiger partial charge in [-0.05, 0) is 35.7 Å². The Hall–Kier alpha value is -2.60. The van der Waals surface area contributed by atoms with E-state index < -0.39 is 0 Å².